The third-order valence-electron chi connectivity index (χ3n) is 4.85. The summed E-state index contributed by atoms with van der Waals surface area (Å²) in [4.78, 5) is 7.28. The lowest BCUT2D eigenvalue weighted by Crippen LogP contribution is -2.41. The standard InChI is InChI=1S/C20H20F3N3OS/c21-20(22,23)19-12-16(14-4-1-2-5-15(14)25-19)24-13-17(18-6-3-11-28-18)26-7-9-27-10-8-26/h1-6,11-12,17H,7-10,13H2,(H,24,25). The fourth-order valence-electron chi connectivity index (χ4n) is 3.45. The highest BCUT2D eigenvalue weighted by atomic mass is 32.1. The highest BCUT2D eigenvalue weighted by molar-refractivity contribution is 7.10. The number of thiophene rings is 1. The van der Waals surface area contributed by atoms with Gasteiger partial charge >= 0.3 is 6.18 Å². The second-order valence-corrected chi connectivity index (χ2v) is 7.61. The van der Waals surface area contributed by atoms with E-state index in [2.05, 4.69) is 21.3 Å². The summed E-state index contributed by atoms with van der Waals surface area (Å²) in [6.45, 7) is 3.44. The molecule has 1 saturated heterocycles. The Kier molecular flexibility index (Phi) is 5.52. The predicted molar refractivity (Wildman–Crippen MR) is 105 cm³/mol. The molecule has 1 unspecified atom stereocenters. The molecule has 1 fully saturated rings. The summed E-state index contributed by atoms with van der Waals surface area (Å²) in [6.07, 6.45) is -4.49. The van der Waals surface area contributed by atoms with Gasteiger partial charge in [0.1, 0.15) is 5.69 Å². The predicted octanol–water partition coefficient (Wildman–Crippen LogP) is 4.80. The topological polar surface area (TPSA) is 37.4 Å². The van der Waals surface area contributed by atoms with E-state index in [1.165, 1.54) is 4.88 Å². The Labute approximate surface area is 164 Å². The summed E-state index contributed by atoms with van der Waals surface area (Å²) in [5.41, 5.74) is -0.0978. The molecule has 3 heterocycles. The molecule has 28 heavy (non-hydrogen) atoms. The molecule has 1 atom stereocenters. The Morgan fingerprint density at radius 3 is 2.64 bits per heavy atom. The summed E-state index contributed by atoms with van der Waals surface area (Å²) < 4.78 is 45.3. The summed E-state index contributed by atoms with van der Waals surface area (Å²) in [5, 5.41) is 5.97. The Balaban J connectivity index is 1.64. The van der Waals surface area contributed by atoms with Crippen molar-refractivity contribution in [3.8, 4) is 0 Å². The van der Waals surface area contributed by atoms with E-state index in [4.69, 9.17) is 4.74 Å². The maximum atomic E-state index is 13.3. The van der Waals surface area contributed by atoms with Gasteiger partial charge in [0.15, 0.2) is 0 Å². The van der Waals surface area contributed by atoms with Crippen LogP contribution in [-0.4, -0.2) is 42.7 Å². The van der Waals surface area contributed by atoms with E-state index in [-0.39, 0.29) is 6.04 Å². The Hall–Kier alpha value is -2.16. The van der Waals surface area contributed by atoms with E-state index in [0.29, 0.717) is 36.3 Å². The first kappa shape index (κ1) is 19.2. The van der Waals surface area contributed by atoms with Crippen molar-refractivity contribution in [1.29, 1.82) is 0 Å². The lowest BCUT2D eigenvalue weighted by Gasteiger charge is -2.34. The largest absolute Gasteiger partial charge is 0.433 e. The maximum Gasteiger partial charge on any atom is 0.433 e. The number of benzene rings is 1. The van der Waals surface area contributed by atoms with Gasteiger partial charge in [0.05, 0.1) is 24.8 Å². The van der Waals surface area contributed by atoms with Crippen LogP contribution in [0.3, 0.4) is 0 Å². The molecule has 4 rings (SSSR count). The first-order chi connectivity index (χ1) is 13.5. The van der Waals surface area contributed by atoms with Crippen molar-refractivity contribution in [3.05, 3.63) is 58.4 Å². The summed E-state index contributed by atoms with van der Waals surface area (Å²) >= 11 is 1.66. The number of nitrogens with one attached hydrogen (secondary N) is 1. The number of para-hydroxylation sites is 1. The maximum absolute atomic E-state index is 13.3. The van der Waals surface area contributed by atoms with Gasteiger partial charge in [0.25, 0.3) is 0 Å². The zero-order valence-corrected chi connectivity index (χ0v) is 15.9. The molecule has 148 valence electrons. The molecule has 4 nitrogen and oxygen atoms in total. The molecule has 1 aliphatic rings. The molecule has 0 radical (unpaired) electrons. The number of pyridine rings is 1. The fraction of sp³-hybridized carbons (Fsp3) is 0.350. The number of anilines is 1. The van der Waals surface area contributed by atoms with E-state index < -0.39 is 11.9 Å². The first-order valence-corrected chi connectivity index (χ1v) is 9.96. The van der Waals surface area contributed by atoms with Crippen LogP contribution in [0.4, 0.5) is 18.9 Å². The average molecular weight is 407 g/mol. The van der Waals surface area contributed by atoms with E-state index >= 15 is 0 Å². The van der Waals surface area contributed by atoms with Crippen molar-refractivity contribution in [3.63, 3.8) is 0 Å². The van der Waals surface area contributed by atoms with Gasteiger partial charge in [-0.05, 0) is 23.6 Å². The number of rotatable bonds is 5. The minimum absolute atomic E-state index is 0.0742. The molecule has 3 aromatic rings. The number of morpholine rings is 1. The number of nitrogens with zero attached hydrogens (tertiary/aromatic N) is 2. The minimum Gasteiger partial charge on any atom is -0.382 e. The van der Waals surface area contributed by atoms with Gasteiger partial charge < -0.3 is 10.1 Å². The third-order valence-corrected chi connectivity index (χ3v) is 5.82. The Morgan fingerprint density at radius 1 is 1.14 bits per heavy atom. The van der Waals surface area contributed by atoms with E-state index in [1.807, 2.05) is 11.4 Å². The Bertz CT molecular complexity index is 924. The summed E-state index contributed by atoms with van der Waals surface area (Å²) in [7, 11) is 0. The van der Waals surface area contributed by atoms with Crippen molar-refractivity contribution < 1.29 is 17.9 Å². The molecule has 1 aliphatic heterocycles. The van der Waals surface area contributed by atoms with Crippen LogP contribution in [0.5, 0.6) is 0 Å². The molecular formula is C20H20F3N3OS. The third kappa shape index (κ3) is 4.14. The van der Waals surface area contributed by atoms with Gasteiger partial charge in [-0.2, -0.15) is 13.2 Å². The number of hydrogen-bond donors (Lipinski definition) is 1. The van der Waals surface area contributed by atoms with Crippen LogP contribution in [0.2, 0.25) is 0 Å². The van der Waals surface area contributed by atoms with Crippen LogP contribution in [0.15, 0.2) is 47.8 Å². The Morgan fingerprint density at radius 2 is 1.93 bits per heavy atom. The number of ether oxygens (including phenoxy) is 1. The highest BCUT2D eigenvalue weighted by Gasteiger charge is 2.33. The molecule has 0 amide bonds. The van der Waals surface area contributed by atoms with Gasteiger partial charge in [-0.15, -0.1) is 11.3 Å². The van der Waals surface area contributed by atoms with E-state index in [1.54, 1.807) is 35.6 Å². The number of hydrogen-bond acceptors (Lipinski definition) is 5. The molecular weight excluding hydrogens is 387 g/mol. The first-order valence-electron chi connectivity index (χ1n) is 9.08. The number of alkyl halides is 3. The second-order valence-electron chi connectivity index (χ2n) is 6.63. The number of fused-ring (bicyclic) bond motifs is 1. The molecule has 0 aliphatic carbocycles. The van der Waals surface area contributed by atoms with Crippen molar-refractivity contribution >= 4 is 27.9 Å². The molecule has 0 bridgehead atoms. The molecule has 0 saturated carbocycles. The number of halogens is 3. The van der Waals surface area contributed by atoms with Crippen molar-refractivity contribution in [1.82, 2.24) is 9.88 Å². The SMILES string of the molecule is FC(F)(F)c1cc(NCC(c2cccs2)N2CCOCC2)c2ccccc2n1. The van der Waals surface area contributed by atoms with Gasteiger partial charge in [0.2, 0.25) is 0 Å². The second kappa shape index (κ2) is 8.06. The van der Waals surface area contributed by atoms with Crippen LogP contribution in [0, 0.1) is 0 Å². The van der Waals surface area contributed by atoms with Gasteiger partial charge in [-0.1, -0.05) is 24.3 Å². The van der Waals surface area contributed by atoms with Crippen LogP contribution in [-0.2, 0) is 10.9 Å². The van der Waals surface area contributed by atoms with Gasteiger partial charge in [0, 0.05) is 35.6 Å². The van der Waals surface area contributed by atoms with Crippen molar-refractivity contribution in [2.45, 2.75) is 12.2 Å². The molecule has 1 N–H and O–H groups in total. The smallest absolute Gasteiger partial charge is 0.382 e. The van der Waals surface area contributed by atoms with Crippen LogP contribution >= 0.6 is 11.3 Å². The van der Waals surface area contributed by atoms with Crippen LogP contribution in [0.1, 0.15) is 16.6 Å². The van der Waals surface area contributed by atoms with E-state index in [9.17, 15) is 13.2 Å². The molecule has 0 spiro atoms. The van der Waals surface area contributed by atoms with Crippen LogP contribution in [0.25, 0.3) is 10.9 Å². The van der Waals surface area contributed by atoms with Crippen molar-refractivity contribution in [2.75, 3.05) is 38.2 Å². The zero-order chi connectivity index (χ0) is 19.6. The van der Waals surface area contributed by atoms with Crippen molar-refractivity contribution in [2.24, 2.45) is 0 Å². The fourth-order valence-corrected chi connectivity index (χ4v) is 4.31. The van der Waals surface area contributed by atoms with Crippen LogP contribution < -0.4 is 5.32 Å². The molecule has 2 aromatic heterocycles. The highest BCUT2D eigenvalue weighted by Crippen LogP contribution is 2.34. The van der Waals surface area contributed by atoms with E-state index in [0.717, 1.165) is 19.2 Å². The minimum atomic E-state index is -4.49. The lowest BCUT2D eigenvalue weighted by atomic mass is 10.1. The normalized spacial score (nSPS) is 17.0. The lowest BCUT2D eigenvalue weighted by molar-refractivity contribution is -0.140. The van der Waals surface area contributed by atoms with Gasteiger partial charge in [-0.3, -0.25) is 4.90 Å². The average Bonchev–Trinajstić information content (AvgIpc) is 3.22. The monoisotopic (exact) mass is 407 g/mol. The summed E-state index contributed by atoms with van der Waals surface area (Å²) in [6, 6.07) is 12.1. The zero-order valence-electron chi connectivity index (χ0n) is 15.1. The van der Waals surface area contributed by atoms with Gasteiger partial charge in [-0.25, -0.2) is 4.98 Å². The summed E-state index contributed by atoms with van der Waals surface area (Å²) in [5.74, 6) is 0. The molecule has 8 heteroatoms. The number of aromatic nitrogens is 1. The quantitative estimate of drug-likeness (QED) is 0.659. The molecule has 1 aromatic carbocycles.